The summed E-state index contributed by atoms with van der Waals surface area (Å²) in [7, 11) is 0. The maximum absolute atomic E-state index is 11.3. The fraction of sp³-hybridized carbons (Fsp3) is 0.700. The first-order chi connectivity index (χ1) is 9.16. The Labute approximate surface area is 114 Å². The third-order valence-electron chi connectivity index (χ3n) is 2.22. The van der Waals surface area contributed by atoms with Crippen molar-refractivity contribution >= 4 is 17.9 Å². The minimum absolute atomic E-state index is 0.513. The van der Waals surface area contributed by atoms with Crippen LogP contribution in [0.3, 0.4) is 0 Å². The van der Waals surface area contributed by atoms with Crippen LogP contribution in [0.4, 0.5) is 0 Å². The van der Waals surface area contributed by atoms with Crippen molar-refractivity contribution in [2.75, 3.05) is 13.2 Å². The van der Waals surface area contributed by atoms with Gasteiger partial charge in [-0.05, 0) is 6.92 Å². The Morgan fingerprint density at radius 3 is 1.90 bits per heavy atom. The number of rotatable bonds is 8. The van der Waals surface area contributed by atoms with Gasteiger partial charge in [0.2, 0.25) is 0 Å². The monoisotopic (exact) mass is 293 g/mol. The number of aliphatic carboxylic acids is 1. The number of hydrogen-bond acceptors (Lipinski definition) is 9. The Hall–Kier alpha value is -1.75. The predicted molar refractivity (Wildman–Crippen MR) is 65.2 cm³/mol. The number of ether oxygens (including phenoxy) is 2. The van der Waals surface area contributed by atoms with Crippen LogP contribution >= 0.6 is 0 Å². The van der Waals surface area contributed by atoms with Crippen molar-refractivity contribution in [3.63, 3.8) is 0 Å². The molecule has 0 heterocycles. The van der Waals surface area contributed by atoms with Crippen LogP contribution in [-0.4, -0.2) is 65.6 Å². The van der Waals surface area contributed by atoms with E-state index in [1.807, 2.05) is 0 Å². The molecule has 8 N–H and O–H groups in total. The number of carboxylic acid groups (broad SMARTS) is 1. The summed E-state index contributed by atoms with van der Waals surface area (Å²) in [5.41, 5.74) is 15.8. The zero-order chi connectivity index (χ0) is 15.9. The topological polar surface area (TPSA) is 188 Å². The summed E-state index contributed by atoms with van der Waals surface area (Å²) < 4.78 is 9.13. The van der Waals surface area contributed by atoms with E-state index < -0.39 is 55.4 Å². The normalized spacial score (nSPS) is 16.6. The van der Waals surface area contributed by atoms with Crippen LogP contribution in [0, 0.1) is 0 Å². The first-order valence-corrected chi connectivity index (χ1v) is 5.67. The quantitative estimate of drug-likeness (QED) is 0.281. The minimum Gasteiger partial charge on any atom is -0.480 e. The lowest BCUT2D eigenvalue weighted by atomic mass is 10.2. The van der Waals surface area contributed by atoms with Crippen LogP contribution in [0.5, 0.6) is 0 Å². The van der Waals surface area contributed by atoms with Gasteiger partial charge in [-0.3, -0.25) is 14.4 Å². The van der Waals surface area contributed by atoms with Gasteiger partial charge >= 0.3 is 17.9 Å². The van der Waals surface area contributed by atoms with Crippen molar-refractivity contribution < 1.29 is 34.1 Å². The molecule has 10 heteroatoms. The zero-order valence-electron chi connectivity index (χ0n) is 10.9. The fourth-order valence-corrected chi connectivity index (χ4v) is 0.883. The number of nitrogens with two attached hydrogens (primary N) is 3. The fourth-order valence-electron chi connectivity index (χ4n) is 0.883. The summed E-state index contributed by atoms with van der Waals surface area (Å²) >= 11 is 0. The molecule has 0 aromatic carbocycles. The van der Waals surface area contributed by atoms with Crippen molar-refractivity contribution in [2.45, 2.75) is 31.2 Å². The molecule has 20 heavy (non-hydrogen) atoms. The number of aliphatic hydroxyl groups is 1. The number of carbonyl (C=O) groups excluding carboxylic acids is 2. The highest BCUT2D eigenvalue weighted by molar-refractivity contribution is 5.79. The maximum Gasteiger partial charge on any atom is 0.326 e. The lowest BCUT2D eigenvalue weighted by molar-refractivity contribution is -0.154. The number of esters is 2. The van der Waals surface area contributed by atoms with E-state index in [4.69, 9.17) is 27.4 Å². The molecule has 0 amide bonds. The Balaban J connectivity index is 4.09. The number of carbonyl (C=O) groups is 3. The maximum atomic E-state index is 11.3. The molecule has 0 rings (SSSR count). The summed E-state index contributed by atoms with van der Waals surface area (Å²) in [5, 5.41) is 17.5. The lowest BCUT2D eigenvalue weighted by Gasteiger charge is -2.16. The molecular weight excluding hydrogens is 274 g/mol. The van der Waals surface area contributed by atoms with Crippen LogP contribution in [0.15, 0.2) is 0 Å². The third kappa shape index (κ3) is 6.43. The lowest BCUT2D eigenvalue weighted by Crippen LogP contribution is -2.45. The van der Waals surface area contributed by atoms with E-state index in [0.29, 0.717) is 0 Å². The first kappa shape index (κ1) is 18.2. The van der Waals surface area contributed by atoms with Gasteiger partial charge < -0.3 is 36.9 Å². The van der Waals surface area contributed by atoms with Crippen LogP contribution in [0.2, 0.25) is 0 Å². The van der Waals surface area contributed by atoms with Gasteiger partial charge in [0.25, 0.3) is 0 Å². The molecule has 0 unspecified atom stereocenters. The summed E-state index contributed by atoms with van der Waals surface area (Å²) in [6, 6.07) is -3.92. The molecule has 0 aromatic rings. The third-order valence-corrected chi connectivity index (χ3v) is 2.22. The Bertz CT molecular complexity index is 361. The molecule has 0 saturated carbocycles. The standard InChI is InChI=1S/C10H19N3O7/c1-4(14)7(13)10(18)20-3-6(12)9(17)19-2-5(11)8(15)16/h4-7,14H,2-3,11-13H2,1H3,(H,15,16)/t4-,5-,6+,7+/m1/s1. The molecule has 0 fully saturated rings. The van der Waals surface area contributed by atoms with Crippen molar-refractivity contribution in [3.05, 3.63) is 0 Å². The highest BCUT2D eigenvalue weighted by Gasteiger charge is 2.24. The molecule has 4 atom stereocenters. The van der Waals surface area contributed by atoms with E-state index in [9.17, 15) is 14.4 Å². The number of carboxylic acids is 1. The molecule has 0 aliphatic heterocycles. The van der Waals surface area contributed by atoms with E-state index in [-0.39, 0.29) is 0 Å². The Morgan fingerprint density at radius 2 is 1.45 bits per heavy atom. The van der Waals surface area contributed by atoms with E-state index >= 15 is 0 Å². The van der Waals surface area contributed by atoms with Gasteiger partial charge in [-0.1, -0.05) is 0 Å². The second-order valence-corrected chi connectivity index (χ2v) is 4.08. The van der Waals surface area contributed by atoms with Gasteiger partial charge in [0.05, 0.1) is 6.10 Å². The van der Waals surface area contributed by atoms with E-state index in [0.717, 1.165) is 0 Å². The number of aliphatic hydroxyl groups excluding tert-OH is 1. The van der Waals surface area contributed by atoms with Gasteiger partial charge in [-0.25, -0.2) is 0 Å². The molecule has 0 spiro atoms. The average Bonchev–Trinajstić information content (AvgIpc) is 2.39. The summed E-state index contributed by atoms with van der Waals surface area (Å²) in [4.78, 5) is 33.0. The molecule has 0 aliphatic rings. The summed E-state index contributed by atoms with van der Waals surface area (Å²) in [5.74, 6) is -3.23. The van der Waals surface area contributed by atoms with Gasteiger partial charge in [0.15, 0.2) is 0 Å². The van der Waals surface area contributed by atoms with Crippen LogP contribution in [0.25, 0.3) is 0 Å². The average molecular weight is 293 g/mol. The second-order valence-electron chi connectivity index (χ2n) is 4.08. The molecular formula is C10H19N3O7. The largest absolute Gasteiger partial charge is 0.480 e. The van der Waals surface area contributed by atoms with Gasteiger partial charge in [0.1, 0.15) is 31.3 Å². The zero-order valence-corrected chi connectivity index (χ0v) is 10.9. The van der Waals surface area contributed by atoms with Crippen molar-refractivity contribution in [1.29, 1.82) is 0 Å². The van der Waals surface area contributed by atoms with Crippen LogP contribution in [0.1, 0.15) is 6.92 Å². The van der Waals surface area contributed by atoms with Gasteiger partial charge in [0, 0.05) is 0 Å². The second kappa shape index (κ2) is 8.43. The SMILES string of the molecule is C[C@@H](O)[C@H](N)C(=O)OC[C@H](N)C(=O)OC[C@@H](N)C(=O)O. The minimum atomic E-state index is -1.36. The van der Waals surface area contributed by atoms with E-state index in [2.05, 4.69) is 9.47 Å². The number of hydrogen-bond donors (Lipinski definition) is 5. The van der Waals surface area contributed by atoms with E-state index in [1.54, 1.807) is 0 Å². The smallest absolute Gasteiger partial charge is 0.326 e. The molecule has 0 bridgehead atoms. The van der Waals surface area contributed by atoms with Crippen LogP contribution < -0.4 is 17.2 Å². The van der Waals surface area contributed by atoms with Crippen molar-refractivity contribution in [3.8, 4) is 0 Å². The van der Waals surface area contributed by atoms with Gasteiger partial charge in [-0.15, -0.1) is 0 Å². The molecule has 0 radical (unpaired) electrons. The highest BCUT2D eigenvalue weighted by Crippen LogP contribution is 1.95. The van der Waals surface area contributed by atoms with Crippen molar-refractivity contribution in [1.82, 2.24) is 0 Å². The summed E-state index contributed by atoms with van der Waals surface area (Å²) in [6.45, 7) is 0.233. The van der Waals surface area contributed by atoms with Crippen LogP contribution in [-0.2, 0) is 23.9 Å². The van der Waals surface area contributed by atoms with Crippen molar-refractivity contribution in [2.24, 2.45) is 17.2 Å². The summed E-state index contributed by atoms with van der Waals surface area (Å²) in [6.07, 6.45) is -1.11. The highest BCUT2D eigenvalue weighted by atomic mass is 16.6. The molecule has 0 aliphatic carbocycles. The first-order valence-electron chi connectivity index (χ1n) is 5.67. The predicted octanol–water partition coefficient (Wildman–Crippen LogP) is -3.48. The molecule has 0 saturated heterocycles. The van der Waals surface area contributed by atoms with Gasteiger partial charge in [-0.2, -0.15) is 0 Å². The molecule has 116 valence electrons. The molecule has 10 nitrogen and oxygen atoms in total. The van der Waals surface area contributed by atoms with E-state index in [1.165, 1.54) is 6.92 Å². The molecule has 0 aromatic heterocycles. The Morgan fingerprint density at radius 1 is 1.00 bits per heavy atom. The Kier molecular flexibility index (Phi) is 7.69.